The molecule has 1 amide bonds. The first-order valence-electron chi connectivity index (χ1n) is 5.71. The van der Waals surface area contributed by atoms with Crippen molar-refractivity contribution in [3.63, 3.8) is 0 Å². The maximum atomic E-state index is 12.2. The predicted molar refractivity (Wildman–Crippen MR) is 74.8 cm³/mol. The van der Waals surface area contributed by atoms with E-state index in [1.807, 2.05) is 32.0 Å². The van der Waals surface area contributed by atoms with Crippen LogP contribution in [-0.2, 0) is 6.42 Å². The number of hydrogen-bond donors (Lipinski definition) is 2. The number of halogens is 1. The highest BCUT2D eigenvalue weighted by atomic mass is 79.9. The Labute approximate surface area is 114 Å². The molecule has 1 heterocycles. The first-order valence-corrected chi connectivity index (χ1v) is 6.51. The summed E-state index contributed by atoms with van der Waals surface area (Å²) in [6, 6.07) is 5.64. The molecule has 94 valence electrons. The van der Waals surface area contributed by atoms with E-state index in [0.29, 0.717) is 11.4 Å². The summed E-state index contributed by atoms with van der Waals surface area (Å²) >= 11 is 3.37. The molecule has 4 nitrogen and oxygen atoms in total. The summed E-state index contributed by atoms with van der Waals surface area (Å²) in [6.07, 6.45) is 2.55. The van der Waals surface area contributed by atoms with Crippen molar-refractivity contribution in [3.8, 4) is 0 Å². The third-order valence-electron chi connectivity index (χ3n) is 2.78. The molecule has 0 atom stereocenters. The summed E-state index contributed by atoms with van der Waals surface area (Å²) in [5.74, 6) is 0.537. The minimum Gasteiger partial charge on any atom is -0.307 e. The van der Waals surface area contributed by atoms with Crippen LogP contribution in [0.15, 0.2) is 28.9 Å². The first-order chi connectivity index (χ1) is 8.61. The molecular formula is C13H14BrN3O. The van der Waals surface area contributed by atoms with Crippen LogP contribution < -0.4 is 5.32 Å². The molecule has 0 saturated carbocycles. The van der Waals surface area contributed by atoms with Gasteiger partial charge in [-0.2, -0.15) is 5.10 Å². The summed E-state index contributed by atoms with van der Waals surface area (Å²) < 4.78 is 0.888. The summed E-state index contributed by atoms with van der Waals surface area (Å²) in [5.41, 5.74) is 2.59. The smallest absolute Gasteiger partial charge is 0.257 e. The lowest BCUT2D eigenvalue weighted by Gasteiger charge is -2.07. The Morgan fingerprint density at radius 3 is 3.00 bits per heavy atom. The lowest BCUT2D eigenvalue weighted by Crippen LogP contribution is -2.14. The maximum Gasteiger partial charge on any atom is 0.257 e. The Kier molecular flexibility index (Phi) is 3.81. The fraction of sp³-hybridized carbons (Fsp3) is 0.231. The number of anilines is 1. The van der Waals surface area contributed by atoms with Crippen molar-refractivity contribution >= 4 is 27.7 Å². The highest BCUT2D eigenvalue weighted by Gasteiger charge is 2.12. The Morgan fingerprint density at radius 2 is 2.28 bits per heavy atom. The van der Waals surface area contributed by atoms with Gasteiger partial charge in [-0.15, -0.1) is 0 Å². The number of aryl methyl sites for hydroxylation is 2. The normalized spacial score (nSPS) is 10.4. The van der Waals surface area contributed by atoms with Gasteiger partial charge in [0, 0.05) is 15.6 Å². The van der Waals surface area contributed by atoms with E-state index in [0.717, 1.165) is 22.0 Å². The maximum absolute atomic E-state index is 12.2. The van der Waals surface area contributed by atoms with Crippen LogP contribution in [0.4, 0.5) is 5.82 Å². The number of aromatic amines is 1. The van der Waals surface area contributed by atoms with Gasteiger partial charge in [-0.3, -0.25) is 9.89 Å². The van der Waals surface area contributed by atoms with Gasteiger partial charge in [0.1, 0.15) is 5.82 Å². The van der Waals surface area contributed by atoms with Gasteiger partial charge in [0.05, 0.1) is 6.20 Å². The Bertz CT molecular complexity index is 577. The van der Waals surface area contributed by atoms with Crippen LogP contribution in [0.3, 0.4) is 0 Å². The number of nitrogens with zero attached hydrogens (tertiary/aromatic N) is 1. The van der Waals surface area contributed by atoms with E-state index in [9.17, 15) is 4.79 Å². The van der Waals surface area contributed by atoms with E-state index in [4.69, 9.17) is 0 Å². The van der Waals surface area contributed by atoms with E-state index in [-0.39, 0.29) is 5.91 Å². The average Bonchev–Trinajstić information content (AvgIpc) is 2.79. The van der Waals surface area contributed by atoms with Crippen molar-refractivity contribution in [1.82, 2.24) is 10.2 Å². The van der Waals surface area contributed by atoms with Crippen molar-refractivity contribution in [2.45, 2.75) is 20.3 Å². The fourth-order valence-corrected chi connectivity index (χ4v) is 2.07. The quantitative estimate of drug-likeness (QED) is 0.914. The molecule has 0 fully saturated rings. The topological polar surface area (TPSA) is 57.8 Å². The molecule has 2 aromatic rings. The molecule has 2 N–H and O–H groups in total. The molecule has 18 heavy (non-hydrogen) atoms. The van der Waals surface area contributed by atoms with Crippen molar-refractivity contribution < 1.29 is 4.79 Å². The monoisotopic (exact) mass is 307 g/mol. The van der Waals surface area contributed by atoms with Crippen LogP contribution in [0.1, 0.15) is 28.4 Å². The summed E-state index contributed by atoms with van der Waals surface area (Å²) in [4.78, 5) is 12.2. The van der Waals surface area contributed by atoms with Gasteiger partial charge >= 0.3 is 0 Å². The van der Waals surface area contributed by atoms with Gasteiger partial charge in [-0.1, -0.05) is 28.9 Å². The third kappa shape index (κ3) is 2.61. The fourth-order valence-electron chi connectivity index (χ4n) is 1.71. The van der Waals surface area contributed by atoms with E-state index < -0.39 is 0 Å². The molecule has 0 unspecified atom stereocenters. The largest absolute Gasteiger partial charge is 0.307 e. The number of benzene rings is 1. The zero-order valence-electron chi connectivity index (χ0n) is 10.2. The molecule has 0 aliphatic rings. The predicted octanol–water partition coefficient (Wildman–Crippen LogP) is 3.30. The molecule has 1 aromatic carbocycles. The molecule has 0 spiro atoms. The van der Waals surface area contributed by atoms with E-state index in [1.54, 1.807) is 6.20 Å². The number of carbonyl (C=O) groups excluding carboxylic acids is 1. The highest BCUT2D eigenvalue weighted by Crippen LogP contribution is 2.18. The second-order valence-electron chi connectivity index (χ2n) is 4.04. The van der Waals surface area contributed by atoms with Gasteiger partial charge in [0.25, 0.3) is 5.91 Å². The van der Waals surface area contributed by atoms with E-state index >= 15 is 0 Å². The molecule has 0 aliphatic carbocycles. The van der Waals surface area contributed by atoms with Crippen LogP contribution in [0, 0.1) is 6.92 Å². The standard InChI is InChI=1S/C13H14BrN3O/c1-3-9-7-15-17-12(9)16-13(18)11-6-10(14)5-4-8(11)2/h4-7H,3H2,1-2H3,(H2,15,16,17,18). The van der Waals surface area contributed by atoms with E-state index in [1.165, 1.54) is 0 Å². The minimum absolute atomic E-state index is 0.132. The summed E-state index contributed by atoms with van der Waals surface area (Å²) in [7, 11) is 0. The molecule has 5 heteroatoms. The van der Waals surface area contributed by atoms with Gasteiger partial charge in [-0.05, 0) is 31.0 Å². The molecule has 2 rings (SSSR count). The molecule has 0 radical (unpaired) electrons. The molecule has 0 bridgehead atoms. The third-order valence-corrected chi connectivity index (χ3v) is 3.27. The Hall–Kier alpha value is -1.62. The molecule has 0 saturated heterocycles. The van der Waals surface area contributed by atoms with Gasteiger partial charge < -0.3 is 5.32 Å². The zero-order chi connectivity index (χ0) is 13.1. The number of rotatable bonds is 3. The number of carbonyl (C=O) groups is 1. The molecular weight excluding hydrogens is 294 g/mol. The van der Waals surface area contributed by atoms with Crippen LogP contribution in [0.5, 0.6) is 0 Å². The number of nitrogens with one attached hydrogen (secondary N) is 2. The average molecular weight is 308 g/mol. The SMILES string of the molecule is CCc1cn[nH]c1NC(=O)c1cc(Br)ccc1C. The van der Waals surface area contributed by atoms with Crippen LogP contribution in [-0.4, -0.2) is 16.1 Å². The zero-order valence-corrected chi connectivity index (χ0v) is 11.8. The molecule has 1 aromatic heterocycles. The number of H-pyrrole nitrogens is 1. The Balaban J connectivity index is 2.25. The molecule has 0 aliphatic heterocycles. The lowest BCUT2D eigenvalue weighted by molar-refractivity contribution is 0.102. The van der Waals surface area contributed by atoms with Crippen molar-refractivity contribution in [3.05, 3.63) is 45.6 Å². The number of aromatic nitrogens is 2. The van der Waals surface area contributed by atoms with Gasteiger partial charge in [0.2, 0.25) is 0 Å². The van der Waals surface area contributed by atoms with Gasteiger partial charge in [0.15, 0.2) is 0 Å². The second kappa shape index (κ2) is 5.35. The number of hydrogen-bond acceptors (Lipinski definition) is 2. The van der Waals surface area contributed by atoms with E-state index in [2.05, 4.69) is 31.4 Å². The second-order valence-corrected chi connectivity index (χ2v) is 4.95. The number of amides is 1. The van der Waals surface area contributed by atoms with Crippen LogP contribution >= 0.6 is 15.9 Å². The minimum atomic E-state index is -0.132. The lowest BCUT2D eigenvalue weighted by atomic mass is 10.1. The van der Waals surface area contributed by atoms with Crippen LogP contribution in [0.25, 0.3) is 0 Å². The van der Waals surface area contributed by atoms with Crippen molar-refractivity contribution in [1.29, 1.82) is 0 Å². The highest BCUT2D eigenvalue weighted by molar-refractivity contribution is 9.10. The summed E-state index contributed by atoms with van der Waals surface area (Å²) in [5, 5.41) is 9.58. The Morgan fingerprint density at radius 1 is 1.50 bits per heavy atom. The van der Waals surface area contributed by atoms with Crippen molar-refractivity contribution in [2.24, 2.45) is 0 Å². The summed E-state index contributed by atoms with van der Waals surface area (Å²) in [6.45, 7) is 3.93. The van der Waals surface area contributed by atoms with Gasteiger partial charge in [-0.25, -0.2) is 0 Å². The first kappa shape index (κ1) is 12.8. The van der Waals surface area contributed by atoms with Crippen molar-refractivity contribution in [2.75, 3.05) is 5.32 Å². The van der Waals surface area contributed by atoms with Crippen LogP contribution in [0.2, 0.25) is 0 Å².